The molecule has 0 saturated heterocycles. The lowest BCUT2D eigenvalue weighted by Crippen LogP contribution is -2.39. The maximum atomic E-state index is 13.2. The number of fused-ring (bicyclic) bond motifs is 1. The van der Waals surface area contributed by atoms with Gasteiger partial charge in [-0.25, -0.2) is 9.78 Å². The van der Waals surface area contributed by atoms with Gasteiger partial charge in [-0.2, -0.15) is 0 Å². The minimum Gasteiger partial charge on any atom is -0.299 e. The molecule has 0 fully saturated rings. The number of hydrogen-bond donors (Lipinski definition) is 0. The standard InChI is InChI=1S/C20H18N4O3S/c1-12-4-6-13(7-5-12)15-10-28-18-17(15)19(26)24(11-21-18)9-14-8-16(25)23(3)20(27)22(14)2/h4-8,10-11H,9H2,1-3H3. The van der Waals surface area contributed by atoms with Crippen molar-refractivity contribution in [1.29, 1.82) is 0 Å². The lowest BCUT2D eigenvalue weighted by molar-refractivity contribution is 0.616. The molecule has 142 valence electrons. The predicted molar refractivity (Wildman–Crippen MR) is 110 cm³/mol. The molecule has 0 spiro atoms. The van der Waals surface area contributed by atoms with E-state index in [1.54, 1.807) is 7.05 Å². The molecule has 0 atom stereocenters. The molecule has 0 saturated carbocycles. The Bertz CT molecular complexity index is 1370. The second-order valence-corrected chi connectivity index (χ2v) is 7.61. The van der Waals surface area contributed by atoms with E-state index in [2.05, 4.69) is 4.98 Å². The summed E-state index contributed by atoms with van der Waals surface area (Å²) in [5.41, 5.74) is 2.35. The summed E-state index contributed by atoms with van der Waals surface area (Å²) in [5, 5.41) is 2.48. The Balaban J connectivity index is 1.86. The number of hydrogen-bond acceptors (Lipinski definition) is 5. The highest BCUT2D eigenvalue weighted by molar-refractivity contribution is 7.17. The molecule has 3 heterocycles. The number of aryl methyl sites for hydroxylation is 1. The minimum atomic E-state index is -0.430. The lowest BCUT2D eigenvalue weighted by Gasteiger charge is -2.11. The summed E-state index contributed by atoms with van der Waals surface area (Å²) in [7, 11) is 3.00. The van der Waals surface area contributed by atoms with Gasteiger partial charge in [0.15, 0.2) is 0 Å². The molecule has 0 amide bonds. The number of nitrogens with zero attached hydrogens (tertiary/aromatic N) is 4. The fraction of sp³-hybridized carbons (Fsp3) is 0.200. The highest BCUT2D eigenvalue weighted by Gasteiger charge is 2.14. The summed E-state index contributed by atoms with van der Waals surface area (Å²) < 4.78 is 3.83. The van der Waals surface area contributed by atoms with Crippen molar-refractivity contribution < 1.29 is 0 Å². The van der Waals surface area contributed by atoms with Crippen LogP contribution >= 0.6 is 11.3 Å². The zero-order valence-electron chi connectivity index (χ0n) is 15.7. The van der Waals surface area contributed by atoms with Gasteiger partial charge >= 0.3 is 5.69 Å². The van der Waals surface area contributed by atoms with Crippen molar-refractivity contribution in [3.8, 4) is 11.1 Å². The van der Waals surface area contributed by atoms with Gasteiger partial charge in [0.2, 0.25) is 0 Å². The van der Waals surface area contributed by atoms with E-state index in [0.717, 1.165) is 21.3 Å². The van der Waals surface area contributed by atoms with E-state index in [4.69, 9.17) is 0 Å². The van der Waals surface area contributed by atoms with Gasteiger partial charge in [0, 0.05) is 36.8 Å². The maximum absolute atomic E-state index is 13.2. The molecule has 8 heteroatoms. The van der Waals surface area contributed by atoms with Crippen LogP contribution in [0, 0.1) is 6.92 Å². The third kappa shape index (κ3) is 2.91. The monoisotopic (exact) mass is 394 g/mol. The van der Waals surface area contributed by atoms with Gasteiger partial charge in [0.05, 0.1) is 18.3 Å². The quantitative estimate of drug-likeness (QED) is 0.532. The van der Waals surface area contributed by atoms with E-state index >= 15 is 0 Å². The molecule has 0 aliphatic heterocycles. The molecule has 7 nitrogen and oxygen atoms in total. The van der Waals surface area contributed by atoms with Gasteiger partial charge in [-0.05, 0) is 12.5 Å². The summed E-state index contributed by atoms with van der Waals surface area (Å²) in [6.07, 6.45) is 1.46. The number of aromatic nitrogens is 4. The van der Waals surface area contributed by atoms with Crippen molar-refractivity contribution in [2.24, 2.45) is 14.1 Å². The molecule has 0 radical (unpaired) electrons. The highest BCUT2D eigenvalue weighted by atomic mass is 32.1. The SMILES string of the molecule is Cc1ccc(-c2csc3ncn(Cc4cc(=O)n(C)c(=O)n4C)c(=O)c23)cc1. The van der Waals surface area contributed by atoms with Gasteiger partial charge in [0.1, 0.15) is 4.83 Å². The molecule has 0 aliphatic rings. The Morgan fingerprint density at radius 1 is 1.04 bits per heavy atom. The molecule has 0 N–H and O–H groups in total. The van der Waals surface area contributed by atoms with Gasteiger partial charge < -0.3 is 0 Å². The van der Waals surface area contributed by atoms with Crippen LogP contribution in [0.3, 0.4) is 0 Å². The molecular formula is C20H18N4O3S. The Labute approximate surface area is 163 Å². The summed E-state index contributed by atoms with van der Waals surface area (Å²) in [6, 6.07) is 9.34. The van der Waals surface area contributed by atoms with E-state index in [1.165, 1.54) is 39.9 Å². The van der Waals surface area contributed by atoms with Crippen molar-refractivity contribution in [2.75, 3.05) is 0 Å². The predicted octanol–water partition coefficient (Wildman–Crippen LogP) is 1.88. The van der Waals surface area contributed by atoms with Gasteiger partial charge in [0.25, 0.3) is 11.1 Å². The second kappa shape index (κ2) is 6.72. The van der Waals surface area contributed by atoms with Crippen LogP contribution in [0.5, 0.6) is 0 Å². The van der Waals surface area contributed by atoms with Crippen molar-refractivity contribution in [2.45, 2.75) is 13.5 Å². The first-order valence-electron chi connectivity index (χ1n) is 8.66. The first-order valence-corrected chi connectivity index (χ1v) is 9.54. The minimum absolute atomic E-state index is 0.0901. The van der Waals surface area contributed by atoms with E-state index in [-0.39, 0.29) is 12.1 Å². The third-order valence-electron chi connectivity index (χ3n) is 4.88. The summed E-state index contributed by atoms with van der Waals surface area (Å²) >= 11 is 1.42. The summed E-state index contributed by atoms with van der Waals surface area (Å²) in [4.78, 5) is 42.3. The molecule has 1 aromatic carbocycles. The van der Waals surface area contributed by atoms with Crippen molar-refractivity contribution in [3.63, 3.8) is 0 Å². The van der Waals surface area contributed by atoms with Crippen LogP contribution < -0.4 is 16.8 Å². The average Bonchev–Trinajstić information content (AvgIpc) is 3.12. The molecule has 4 aromatic rings. The molecule has 0 aliphatic carbocycles. The molecule has 4 rings (SSSR count). The second-order valence-electron chi connectivity index (χ2n) is 6.75. The van der Waals surface area contributed by atoms with Crippen LogP contribution in [0.15, 0.2) is 56.4 Å². The van der Waals surface area contributed by atoms with Crippen LogP contribution in [0.4, 0.5) is 0 Å². The number of benzene rings is 1. The fourth-order valence-electron chi connectivity index (χ4n) is 3.13. The first-order chi connectivity index (χ1) is 13.4. The molecular weight excluding hydrogens is 376 g/mol. The summed E-state index contributed by atoms with van der Waals surface area (Å²) in [5.74, 6) is 0. The average molecular weight is 394 g/mol. The smallest absolute Gasteiger partial charge is 0.299 e. The zero-order valence-corrected chi connectivity index (χ0v) is 16.5. The normalized spacial score (nSPS) is 11.2. The topological polar surface area (TPSA) is 78.9 Å². The number of thiophene rings is 1. The Morgan fingerprint density at radius 3 is 2.46 bits per heavy atom. The largest absolute Gasteiger partial charge is 0.330 e. The van der Waals surface area contributed by atoms with Crippen LogP contribution in [0.1, 0.15) is 11.3 Å². The third-order valence-corrected chi connectivity index (χ3v) is 5.77. The zero-order chi connectivity index (χ0) is 20.0. The van der Waals surface area contributed by atoms with Crippen LogP contribution in [-0.4, -0.2) is 18.7 Å². The van der Waals surface area contributed by atoms with Crippen molar-refractivity contribution >= 4 is 21.6 Å². The maximum Gasteiger partial charge on any atom is 0.330 e. The highest BCUT2D eigenvalue weighted by Crippen LogP contribution is 2.30. The first kappa shape index (κ1) is 18.1. The summed E-state index contributed by atoms with van der Waals surface area (Å²) in [6.45, 7) is 2.10. The van der Waals surface area contributed by atoms with Gasteiger partial charge in [-0.3, -0.25) is 23.3 Å². The Morgan fingerprint density at radius 2 is 1.75 bits per heavy atom. The van der Waals surface area contributed by atoms with Crippen LogP contribution in [-0.2, 0) is 20.6 Å². The van der Waals surface area contributed by atoms with Crippen molar-refractivity contribution in [1.82, 2.24) is 18.7 Å². The number of rotatable bonds is 3. The molecule has 0 unspecified atom stereocenters. The fourth-order valence-corrected chi connectivity index (χ4v) is 4.04. The van der Waals surface area contributed by atoms with Crippen LogP contribution in [0.2, 0.25) is 0 Å². The van der Waals surface area contributed by atoms with E-state index < -0.39 is 11.2 Å². The Hall–Kier alpha value is -3.26. The Kier molecular flexibility index (Phi) is 4.35. The van der Waals surface area contributed by atoms with Crippen molar-refractivity contribution in [3.05, 3.63) is 84.5 Å². The lowest BCUT2D eigenvalue weighted by atomic mass is 10.1. The van der Waals surface area contributed by atoms with Crippen LogP contribution in [0.25, 0.3) is 21.3 Å². The van der Waals surface area contributed by atoms with E-state index in [9.17, 15) is 14.4 Å². The molecule has 3 aromatic heterocycles. The molecule has 0 bridgehead atoms. The molecule has 28 heavy (non-hydrogen) atoms. The van der Waals surface area contributed by atoms with E-state index in [1.807, 2.05) is 36.6 Å². The van der Waals surface area contributed by atoms with Gasteiger partial charge in [-0.1, -0.05) is 29.8 Å². The van der Waals surface area contributed by atoms with E-state index in [0.29, 0.717) is 15.9 Å². The van der Waals surface area contributed by atoms with Gasteiger partial charge in [-0.15, -0.1) is 11.3 Å².